The highest BCUT2D eigenvalue weighted by Gasteiger charge is 2.36. The minimum atomic E-state index is -2.65. The maximum Gasteiger partial charge on any atom is 0.253 e. The number of fused-ring (bicyclic) bond motifs is 1. The molecule has 3 aromatic rings. The number of benzene rings is 1. The Morgan fingerprint density at radius 2 is 1.91 bits per heavy atom. The third kappa shape index (κ3) is 2.76. The van der Waals surface area contributed by atoms with E-state index < -0.39 is 5.92 Å². The molecule has 4 nitrogen and oxygen atoms in total. The van der Waals surface area contributed by atoms with Crippen molar-refractivity contribution in [1.82, 2.24) is 19.6 Å². The van der Waals surface area contributed by atoms with Crippen LogP contribution in [0.15, 0.2) is 48.9 Å². The van der Waals surface area contributed by atoms with Crippen LogP contribution in [0.3, 0.4) is 0 Å². The van der Waals surface area contributed by atoms with Crippen LogP contribution in [0.25, 0.3) is 5.69 Å². The first-order chi connectivity index (χ1) is 11.1. The van der Waals surface area contributed by atoms with Gasteiger partial charge >= 0.3 is 0 Å². The summed E-state index contributed by atoms with van der Waals surface area (Å²) in [6, 6.07) is 9.97. The molecule has 118 valence electrons. The molecule has 0 atom stereocenters. The van der Waals surface area contributed by atoms with Crippen LogP contribution < -0.4 is 0 Å². The van der Waals surface area contributed by atoms with Crippen molar-refractivity contribution in [3.05, 3.63) is 65.7 Å². The van der Waals surface area contributed by atoms with Gasteiger partial charge in [0, 0.05) is 6.42 Å². The van der Waals surface area contributed by atoms with Crippen molar-refractivity contribution in [3.63, 3.8) is 0 Å². The molecule has 2 heterocycles. The summed E-state index contributed by atoms with van der Waals surface area (Å²) in [5, 5.41) is 8.61. The molecule has 23 heavy (non-hydrogen) atoms. The second-order valence-electron chi connectivity index (χ2n) is 5.94. The molecule has 0 N–H and O–H groups in total. The van der Waals surface area contributed by atoms with Crippen LogP contribution in [0, 0.1) is 0 Å². The van der Waals surface area contributed by atoms with Crippen LogP contribution in [-0.2, 0) is 19.4 Å². The average molecular weight is 314 g/mol. The third-order valence-electron chi connectivity index (χ3n) is 4.19. The van der Waals surface area contributed by atoms with Crippen LogP contribution in [-0.4, -0.2) is 25.5 Å². The zero-order valence-corrected chi connectivity index (χ0v) is 12.5. The Hall–Kier alpha value is -2.50. The maximum atomic E-state index is 13.7. The van der Waals surface area contributed by atoms with Gasteiger partial charge in [0.2, 0.25) is 0 Å². The van der Waals surface area contributed by atoms with E-state index in [1.165, 1.54) is 0 Å². The fourth-order valence-corrected chi connectivity index (χ4v) is 3.00. The lowest BCUT2D eigenvalue weighted by molar-refractivity contribution is -0.0136. The zero-order chi connectivity index (χ0) is 15.9. The first-order valence-corrected chi connectivity index (χ1v) is 7.61. The van der Waals surface area contributed by atoms with E-state index in [-0.39, 0.29) is 12.8 Å². The van der Waals surface area contributed by atoms with Crippen LogP contribution >= 0.6 is 0 Å². The number of aryl methyl sites for hydroxylation is 1. The van der Waals surface area contributed by atoms with E-state index in [0.717, 1.165) is 16.8 Å². The number of hydrogen-bond acceptors (Lipinski definition) is 2. The number of halogens is 2. The minimum absolute atomic E-state index is 0.0983. The van der Waals surface area contributed by atoms with Gasteiger partial charge in [-0.2, -0.15) is 10.2 Å². The number of alkyl halides is 2. The molecule has 4 rings (SSSR count). The summed E-state index contributed by atoms with van der Waals surface area (Å²) in [5.74, 6) is -2.65. The van der Waals surface area contributed by atoms with Gasteiger partial charge in [-0.3, -0.25) is 4.68 Å². The van der Waals surface area contributed by atoms with E-state index in [9.17, 15) is 8.78 Å². The average Bonchev–Trinajstić information content (AvgIpc) is 3.13. The van der Waals surface area contributed by atoms with Crippen molar-refractivity contribution >= 4 is 0 Å². The van der Waals surface area contributed by atoms with E-state index in [1.54, 1.807) is 21.8 Å². The van der Waals surface area contributed by atoms with Crippen LogP contribution in [0.5, 0.6) is 0 Å². The normalized spacial score (nSPS) is 16.3. The molecule has 0 saturated carbocycles. The predicted octanol–water partition coefficient (Wildman–Crippen LogP) is 3.24. The summed E-state index contributed by atoms with van der Waals surface area (Å²) in [4.78, 5) is 0. The van der Waals surface area contributed by atoms with Crippen LogP contribution in [0.4, 0.5) is 8.78 Å². The predicted molar refractivity (Wildman–Crippen MR) is 81.9 cm³/mol. The highest BCUT2D eigenvalue weighted by Crippen LogP contribution is 2.33. The second kappa shape index (κ2) is 5.30. The van der Waals surface area contributed by atoms with Crippen molar-refractivity contribution in [1.29, 1.82) is 0 Å². The molecule has 0 amide bonds. The molecule has 0 aliphatic heterocycles. The highest BCUT2D eigenvalue weighted by atomic mass is 19.3. The number of rotatable bonds is 3. The maximum absolute atomic E-state index is 13.7. The standard InChI is InChI=1S/C17H16F2N4/c18-17(19)7-6-14-9-21-23(16(14)8-17)15-10-20-22(12-15)11-13-4-2-1-3-5-13/h1-5,9-10,12H,6-8,11H2. The molecule has 1 aliphatic rings. The Morgan fingerprint density at radius 1 is 1.09 bits per heavy atom. The van der Waals surface area contributed by atoms with Gasteiger partial charge in [-0.15, -0.1) is 0 Å². The Labute approximate surface area is 132 Å². The fraction of sp³-hybridized carbons (Fsp3) is 0.294. The van der Waals surface area contributed by atoms with Gasteiger partial charge in [-0.25, -0.2) is 13.5 Å². The van der Waals surface area contributed by atoms with Crippen molar-refractivity contribution in [2.24, 2.45) is 0 Å². The van der Waals surface area contributed by atoms with E-state index >= 15 is 0 Å². The van der Waals surface area contributed by atoms with E-state index in [1.807, 2.05) is 36.5 Å². The SMILES string of the molecule is FC1(F)CCc2cnn(-c3cnn(Cc4ccccc4)c3)c2C1. The van der Waals surface area contributed by atoms with Crippen LogP contribution in [0.2, 0.25) is 0 Å². The second-order valence-corrected chi connectivity index (χ2v) is 5.94. The van der Waals surface area contributed by atoms with Gasteiger partial charge in [0.1, 0.15) is 5.69 Å². The van der Waals surface area contributed by atoms with E-state index in [2.05, 4.69) is 10.2 Å². The van der Waals surface area contributed by atoms with E-state index in [4.69, 9.17) is 0 Å². The summed E-state index contributed by atoms with van der Waals surface area (Å²) >= 11 is 0. The smallest absolute Gasteiger partial charge is 0.253 e. The van der Waals surface area contributed by atoms with E-state index in [0.29, 0.717) is 18.7 Å². The third-order valence-corrected chi connectivity index (χ3v) is 4.19. The number of nitrogens with zero attached hydrogens (tertiary/aromatic N) is 4. The Bertz CT molecular complexity index is 820. The van der Waals surface area contributed by atoms with Crippen molar-refractivity contribution < 1.29 is 8.78 Å². The summed E-state index contributed by atoms with van der Waals surface area (Å²) in [5.41, 5.74) is 3.36. The first kappa shape index (κ1) is 14.1. The van der Waals surface area contributed by atoms with Crippen LogP contribution in [0.1, 0.15) is 23.2 Å². The zero-order valence-electron chi connectivity index (χ0n) is 12.5. The Balaban J connectivity index is 1.62. The quantitative estimate of drug-likeness (QED) is 0.744. The Kier molecular flexibility index (Phi) is 3.25. The molecule has 1 aliphatic carbocycles. The molecule has 1 aromatic carbocycles. The molecular formula is C17H16F2N4. The van der Waals surface area contributed by atoms with Gasteiger partial charge in [-0.05, 0) is 17.5 Å². The van der Waals surface area contributed by atoms with Gasteiger partial charge < -0.3 is 0 Å². The summed E-state index contributed by atoms with van der Waals surface area (Å²) in [6.45, 7) is 0.639. The van der Waals surface area contributed by atoms with Crippen molar-refractivity contribution in [2.75, 3.05) is 0 Å². The highest BCUT2D eigenvalue weighted by molar-refractivity contribution is 5.34. The molecular weight excluding hydrogens is 298 g/mol. The molecule has 0 bridgehead atoms. The molecule has 0 saturated heterocycles. The summed E-state index contributed by atoms with van der Waals surface area (Å²) in [7, 11) is 0. The van der Waals surface area contributed by atoms with Gasteiger partial charge in [-0.1, -0.05) is 30.3 Å². The number of aromatic nitrogens is 4. The number of hydrogen-bond donors (Lipinski definition) is 0. The largest absolute Gasteiger partial charge is 0.266 e. The van der Waals surface area contributed by atoms with Gasteiger partial charge in [0.15, 0.2) is 0 Å². The lowest BCUT2D eigenvalue weighted by atomic mass is 9.95. The minimum Gasteiger partial charge on any atom is -0.266 e. The lowest BCUT2D eigenvalue weighted by Gasteiger charge is -2.22. The molecule has 6 heteroatoms. The molecule has 0 spiro atoms. The fourth-order valence-electron chi connectivity index (χ4n) is 3.00. The lowest BCUT2D eigenvalue weighted by Crippen LogP contribution is -2.27. The van der Waals surface area contributed by atoms with Crippen molar-refractivity contribution in [3.8, 4) is 5.69 Å². The van der Waals surface area contributed by atoms with Gasteiger partial charge in [0.05, 0.1) is 37.3 Å². The van der Waals surface area contributed by atoms with Gasteiger partial charge in [0.25, 0.3) is 5.92 Å². The molecule has 0 fully saturated rings. The monoisotopic (exact) mass is 314 g/mol. The topological polar surface area (TPSA) is 35.6 Å². The van der Waals surface area contributed by atoms with Crippen molar-refractivity contribution in [2.45, 2.75) is 31.7 Å². The molecule has 0 radical (unpaired) electrons. The summed E-state index contributed by atoms with van der Waals surface area (Å²) in [6.07, 6.45) is 5.22. The summed E-state index contributed by atoms with van der Waals surface area (Å²) < 4.78 is 30.8. The molecule has 2 aromatic heterocycles. The first-order valence-electron chi connectivity index (χ1n) is 7.61. The Morgan fingerprint density at radius 3 is 2.74 bits per heavy atom. The molecule has 0 unspecified atom stereocenters.